The zero-order valence-electron chi connectivity index (χ0n) is 19.2. The number of anilines is 1. The topological polar surface area (TPSA) is 41.7 Å². The lowest BCUT2D eigenvalue weighted by Crippen LogP contribution is -2.51. The van der Waals surface area contributed by atoms with E-state index in [-0.39, 0.29) is 0 Å². The van der Waals surface area contributed by atoms with E-state index < -0.39 is 0 Å². The van der Waals surface area contributed by atoms with Crippen molar-refractivity contribution in [2.75, 3.05) is 38.2 Å². The quantitative estimate of drug-likeness (QED) is 0.398. The number of ether oxygens (including phenoxy) is 1. The van der Waals surface area contributed by atoms with E-state index in [4.69, 9.17) is 9.15 Å². The molecular formula is C28H31N3O2. The Morgan fingerprint density at radius 3 is 2.52 bits per heavy atom. The zero-order chi connectivity index (χ0) is 22.2. The molecule has 0 amide bonds. The second kappa shape index (κ2) is 8.71. The molecule has 6 rings (SSSR count). The van der Waals surface area contributed by atoms with E-state index in [1.165, 1.54) is 47.7 Å². The van der Waals surface area contributed by atoms with E-state index >= 15 is 0 Å². The lowest BCUT2D eigenvalue weighted by Gasteiger charge is -2.42. The van der Waals surface area contributed by atoms with E-state index in [1.54, 1.807) is 7.11 Å². The van der Waals surface area contributed by atoms with Crippen molar-refractivity contribution in [3.8, 4) is 5.75 Å². The maximum atomic E-state index is 5.91. The Hall–Kier alpha value is -3.05. The van der Waals surface area contributed by atoms with Gasteiger partial charge in [-0.3, -0.25) is 9.88 Å². The highest BCUT2D eigenvalue weighted by Crippen LogP contribution is 2.41. The van der Waals surface area contributed by atoms with Crippen molar-refractivity contribution < 1.29 is 9.15 Å². The predicted molar refractivity (Wildman–Crippen MR) is 133 cm³/mol. The molecule has 1 saturated carbocycles. The van der Waals surface area contributed by atoms with Crippen LogP contribution in [0.4, 0.5) is 5.69 Å². The van der Waals surface area contributed by atoms with Crippen LogP contribution in [0.15, 0.2) is 65.4 Å². The van der Waals surface area contributed by atoms with E-state index in [0.29, 0.717) is 12.0 Å². The molecule has 5 nitrogen and oxygen atoms in total. The zero-order valence-corrected chi connectivity index (χ0v) is 19.2. The van der Waals surface area contributed by atoms with Crippen molar-refractivity contribution in [1.82, 2.24) is 9.88 Å². The van der Waals surface area contributed by atoms with Crippen molar-refractivity contribution >= 4 is 27.6 Å². The third-order valence-corrected chi connectivity index (χ3v) is 7.73. The van der Waals surface area contributed by atoms with Gasteiger partial charge in [-0.1, -0.05) is 30.3 Å². The summed E-state index contributed by atoms with van der Waals surface area (Å²) in [5.74, 6) is 1.41. The van der Waals surface area contributed by atoms with Crippen LogP contribution in [0, 0.1) is 0 Å². The first kappa shape index (κ1) is 20.5. The van der Waals surface area contributed by atoms with Gasteiger partial charge in [-0.25, -0.2) is 0 Å². The number of pyridine rings is 1. The van der Waals surface area contributed by atoms with E-state index in [2.05, 4.69) is 51.2 Å². The average molecular weight is 442 g/mol. The SMILES string of the molecule is COc1cccc2c1occ2[C@H]1CC[C@H](N2CCN(c3cccc4cccnc34)CC2)CC1. The van der Waals surface area contributed by atoms with Crippen molar-refractivity contribution in [3.63, 3.8) is 0 Å². The average Bonchev–Trinajstić information content (AvgIpc) is 3.33. The summed E-state index contributed by atoms with van der Waals surface area (Å²) < 4.78 is 11.4. The Morgan fingerprint density at radius 1 is 0.909 bits per heavy atom. The van der Waals surface area contributed by atoms with Gasteiger partial charge in [-0.15, -0.1) is 0 Å². The third-order valence-electron chi connectivity index (χ3n) is 7.73. The number of furan rings is 1. The maximum absolute atomic E-state index is 5.91. The Labute approximate surface area is 195 Å². The molecule has 1 saturated heterocycles. The van der Waals surface area contributed by atoms with Gasteiger partial charge in [0, 0.05) is 54.8 Å². The largest absolute Gasteiger partial charge is 0.493 e. The molecule has 2 aromatic carbocycles. The van der Waals surface area contributed by atoms with Crippen molar-refractivity contribution in [3.05, 3.63) is 66.6 Å². The number of piperazine rings is 1. The van der Waals surface area contributed by atoms with Gasteiger partial charge in [0.1, 0.15) is 0 Å². The molecule has 0 atom stereocenters. The number of methoxy groups -OCH3 is 1. The lowest BCUT2D eigenvalue weighted by molar-refractivity contribution is 0.141. The van der Waals surface area contributed by atoms with Crippen molar-refractivity contribution in [2.45, 2.75) is 37.6 Å². The van der Waals surface area contributed by atoms with Gasteiger partial charge >= 0.3 is 0 Å². The minimum Gasteiger partial charge on any atom is -0.493 e. The van der Waals surface area contributed by atoms with Crippen LogP contribution in [0.1, 0.15) is 37.2 Å². The summed E-state index contributed by atoms with van der Waals surface area (Å²) in [5, 5.41) is 2.44. The molecule has 0 radical (unpaired) electrons. The number of para-hydroxylation sites is 2. The summed E-state index contributed by atoms with van der Waals surface area (Å²) in [6.07, 6.45) is 8.84. The van der Waals surface area contributed by atoms with Gasteiger partial charge < -0.3 is 14.1 Å². The van der Waals surface area contributed by atoms with Crippen molar-refractivity contribution in [2.24, 2.45) is 0 Å². The monoisotopic (exact) mass is 441 g/mol. The summed E-state index contributed by atoms with van der Waals surface area (Å²) in [6, 6.07) is 17.6. The van der Waals surface area contributed by atoms with Gasteiger partial charge in [-0.2, -0.15) is 0 Å². The number of nitrogens with zero attached hydrogens (tertiary/aromatic N) is 3. The molecule has 0 spiro atoms. The van der Waals surface area contributed by atoms with E-state index in [0.717, 1.165) is 43.0 Å². The summed E-state index contributed by atoms with van der Waals surface area (Å²) in [6.45, 7) is 4.40. The number of hydrogen-bond donors (Lipinski definition) is 0. The number of benzene rings is 2. The molecule has 170 valence electrons. The van der Waals surface area contributed by atoms with E-state index in [1.807, 2.05) is 24.6 Å². The first-order chi connectivity index (χ1) is 16.3. The summed E-state index contributed by atoms with van der Waals surface area (Å²) in [5.41, 5.74) is 4.64. The Bertz CT molecular complexity index is 1250. The Balaban J connectivity index is 1.09. The minimum atomic E-state index is 0.581. The van der Waals surface area contributed by atoms with Crippen LogP contribution in [0.25, 0.3) is 21.9 Å². The molecule has 33 heavy (non-hydrogen) atoms. The second-order valence-corrected chi connectivity index (χ2v) is 9.41. The molecule has 2 aromatic heterocycles. The van der Waals surface area contributed by atoms with Gasteiger partial charge in [-0.05, 0) is 49.8 Å². The van der Waals surface area contributed by atoms with Gasteiger partial charge in [0.05, 0.1) is 24.6 Å². The number of rotatable bonds is 4. The number of aromatic nitrogens is 1. The normalized spacial score (nSPS) is 22.2. The van der Waals surface area contributed by atoms with Crippen LogP contribution < -0.4 is 9.64 Å². The number of fused-ring (bicyclic) bond motifs is 2. The van der Waals surface area contributed by atoms with Crippen LogP contribution in [-0.2, 0) is 0 Å². The van der Waals surface area contributed by atoms with Gasteiger partial charge in [0.2, 0.25) is 0 Å². The second-order valence-electron chi connectivity index (χ2n) is 9.41. The molecule has 0 unspecified atom stereocenters. The first-order valence-electron chi connectivity index (χ1n) is 12.2. The van der Waals surface area contributed by atoms with Crippen LogP contribution in [-0.4, -0.2) is 49.2 Å². The molecule has 4 aromatic rings. The van der Waals surface area contributed by atoms with Crippen LogP contribution in [0.5, 0.6) is 5.75 Å². The Morgan fingerprint density at radius 2 is 1.70 bits per heavy atom. The summed E-state index contributed by atoms with van der Waals surface area (Å²) in [7, 11) is 1.71. The highest BCUT2D eigenvalue weighted by molar-refractivity contribution is 5.90. The molecular weight excluding hydrogens is 410 g/mol. The highest BCUT2D eigenvalue weighted by atomic mass is 16.5. The van der Waals surface area contributed by atoms with Crippen molar-refractivity contribution in [1.29, 1.82) is 0 Å². The maximum Gasteiger partial charge on any atom is 0.175 e. The fourth-order valence-corrected chi connectivity index (χ4v) is 5.95. The molecule has 1 aliphatic heterocycles. The molecule has 1 aliphatic carbocycles. The van der Waals surface area contributed by atoms with Crippen LogP contribution in [0.2, 0.25) is 0 Å². The Kier molecular flexibility index (Phi) is 5.43. The van der Waals surface area contributed by atoms with Crippen LogP contribution in [0.3, 0.4) is 0 Å². The molecule has 5 heteroatoms. The highest BCUT2D eigenvalue weighted by Gasteiger charge is 2.30. The predicted octanol–water partition coefficient (Wildman–Crippen LogP) is 5.84. The standard InChI is InChI=1S/C28H31N3O2/c1-32-26-9-3-7-23-24(19-33-28(23)26)20-10-12-22(13-11-20)30-15-17-31(18-16-30)25-8-2-5-21-6-4-14-29-27(21)25/h2-9,14,19-20,22H,10-13,15-18H2,1H3/t20-,22-. The summed E-state index contributed by atoms with van der Waals surface area (Å²) in [4.78, 5) is 9.90. The number of hydrogen-bond acceptors (Lipinski definition) is 5. The smallest absolute Gasteiger partial charge is 0.175 e. The molecule has 0 N–H and O–H groups in total. The fraction of sp³-hybridized carbons (Fsp3) is 0.393. The first-order valence-corrected chi connectivity index (χ1v) is 12.2. The molecule has 2 fully saturated rings. The summed E-state index contributed by atoms with van der Waals surface area (Å²) >= 11 is 0. The third kappa shape index (κ3) is 3.74. The minimum absolute atomic E-state index is 0.581. The van der Waals surface area contributed by atoms with Gasteiger partial charge in [0.25, 0.3) is 0 Å². The van der Waals surface area contributed by atoms with Gasteiger partial charge in [0.15, 0.2) is 11.3 Å². The van der Waals surface area contributed by atoms with E-state index in [9.17, 15) is 0 Å². The van der Waals surface area contributed by atoms with Crippen LogP contribution >= 0.6 is 0 Å². The molecule has 0 bridgehead atoms. The lowest BCUT2D eigenvalue weighted by atomic mass is 9.81. The fourth-order valence-electron chi connectivity index (χ4n) is 5.95. The molecule has 2 aliphatic rings. The molecule has 3 heterocycles.